The molecule has 36 heavy (non-hydrogen) atoms. The van der Waals surface area contributed by atoms with E-state index in [0.717, 1.165) is 41.4 Å². The molecule has 0 saturated carbocycles. The Morgan fingerprint density at radius 2 is 1.83 bits per heavy atom. The maximum Gasteiger partial charge on any atom is 0.416 e. The second-order valence-electron chi connectivity index (χ2n) is 8.13. The van der Waals surface area contributed by atoms with Gasteiger partial charge < -0.3 is 10.6 Å². The summed E-state index contributed by atoms with van der Waals surface area (Å²) in [7, 11) is 0. The molecule has 12 heteroatoms. The Balaban J connectivity index is 1.66. The molecule has 7 nitrogen and oxygen atoms in total. The van der Waals surface area contributed by atoms with Gasteiger partial charge in [-0.25, -0.2) is 14.2 Å². The van der Waals surface area contributed by atoms with Crippen molar-refractivity contribution in [3.05, 3.63) is 75.0 Å². The fourth-order valence-electron chi connectivity index (χ4n) is 3.97. The molecule has 1 aliphatic rings. The van der Waals surface area contributed by atoms with Gasteiger partial charge in [-0.2, -0.15) is 13.2 Å². The number of aryl methyl sites for hydroxylation is 2. The number of halogens is 4. The fourth-order valence-corrected chi connectivity index (χ4v) is 4.92. The molecule has 0 aliphatic carbocycles. The number of hydrogen-bond donors (Lipinski definition) is 3. The van der Waals surface area contributed by atoms with Crippen LogP contribution in [0.15, 0.2) is 42.5 Å². The molecule has 3 N–H and O–H groups in total. The zero-order valence-corrected chi connectivity index (χ0v) is 19.9. The fraction of sp³-hybridized carbons (Fsp3) is 0.250. The topological polar surface area (TPSA) is 100 Å². The number of alkyl halides is 3. The van der Waals surface area contributed by atoms with E-state index in [0.29, 0.717) is 17.0 Å². The average molecular weight is 521 g/mol. The first-order valence-electron chi connectivity index (χ1n) is 10.8. The summed E-state index contributed by atoms with van der Waals surface area (Å²) in [6.07, 6.45) is -3.94. The number of aromatic nitrogens is 1. The summed E-state index contributed by atoms with van der Waals surface area (Å²) in [5.74, 6) is -2.10. The molecule has 1 aliphatic heterocycles. The van der Waals surface area contributed by atoms with E-state index in [1.807, 2.05) is 6.92 Å². The van der Waals surface area contributed by atoms with E-state index in [1.165, 1.54) is 17.4 Å². The van der Waals surface area contributed by atoms with Crippen molar-refractivity contribution >= 4 is 29.2 Å². The number of hydrogen-bond acceptors (Lipinski definition) is 5. The number of urea groups is 1. The van der Waals surface area contributed by atoms with Crippen LogP contribution in [0.1, 0.15) is 38.4 Å². The van der Waals surface area contributed by atoms with Crippen LogP contribution in [0.2, 0.25) is 0 Å². The number of thiazole rings is 1. The maximum absolute atomic E-state index is 14.0. The second-order valence-corrected chi connectivity index (χ2v) is 9.41. The van der Waals surface area contributed by atoms with E-state index >= 15 is 0 Å². The minimum absolute atomic E-state index is 0.0275. The number of amides is 4. The highest BCUT2D eigenvalue weighted by molar-refractivity contribution is 7.11. The van der Waals surface area contributed by atoms with Crippen molar-refractivity contribution in [2.75, 3.05) is 6.54 Å². The van der Waals surface area contributed by atoms with E-state index in [2.05, 4.69) is 20.9 Å². The highest BCUT2D eigenvalue weighted by atomic mass is 32.1. The Bertz CT molecular complexity index is 1350. The summed E-state index contributed by atoms with van der Waals surface area (Å²) in [6, 6.07) is 6.50. The van der Waals surface area contributed by atoms with Crippen molar-refractivity contribution < 1.29 is 31.9 Å². The minimum Gasteiger partial charge on any atom is -0.349 e. The van der Waals surface area contributed by atoms with Crippen molar-refractivity contribution in [1.29, 1.82) is 0 Å². The minimum atomic E-state index is -4.55. The van der Waals surface area contributed by atoms with Crippen LogP contribution in [0.25, 0.3) is 11.1 Å². The van der Waals surface area contributed by atoms with Gasteiger partial charge in [0.2, 0.25) is 0 Å². The zero-order chi connectivity index (χ0) is 26.3. The number of carbonyl (C=O) groups excluding carboxylic acids is 3. The van der Waals surface area contributed by atoms with Gasteiger partial charge in [0.25, 0.3) is 11.8 Å². The van der Waals surface area contributed by atoms with Crippen LogP contribution in [-0.2, 0) is 22.9 Å². The lowest BCUT2D eigenvalue weighted by molar-refractivity contribution is -0.137. The van der Waals surface area contributed by atoms with Crippen LogP contribution in [-0.4, -0.2) is 29.4 Å². The van der Waals surface area contributed by atoms with Crippen molar-refractivity contribution in [2.24, 2.45) is 0 Å². The number of rotatable bonds is 6. The lowest BCUT2D eigenvalue weighted by Crippen LogP contribution is -2.53. The standard InChI is InChI=1S/C24H20F4N4O3S/c1-3-18-30-19(12(2)36-18)23(21(34)31-22(35)32-23)11-29-20(33)16-9-8-15(25)10-17(16)13-4-6-14(7-5-13)24(26,27)28/h4-10H,3,11H2,1-2H3,(H,29,33)(H2,31,32,34,35). The van der Waals surface area contributed by atoms with Crippen LogP contribution >= 0.6 is 11.3 Å². The predicted molar refractivity (Wildman–Crippen MR) is 124 cm³/mol. The lowest BCUT2D eigenvalue weighted by atomic mass is 9.93. The molecule has 0 radical (unpaired) electrons. The Labute approximate surface area is 206 Å². The summed E-state index contributed by atoms with van der Waals surface area (Å²) < 4.78 is 52.9. The molecule has 1 fully saturated rings. The molecule has 2 heterocycles. The van der Waals surface area contributed by atoms with Gasteiger partial charge in [-0.05, 0) is 54.8 Å². The Morgan fingerprint density at radius 3 is 2.39 bits per heavy atom. The Hall–Kier alpha value is -3.80. The molecule has 0 bridgehead atoms. The first-order valence-corrected chi connectivity index (χ1v) is 11.6. The third kappa shape index (κ3) is 4.68. The van der Waals surface area contributed by atoms with Gasteiger partial charge in [-0.3, -0.25) is 14.9 Å². The van der Waals surface area contributed by atoms with E-state index in [4.69, 9.17) is 0 Å². The molecule has 188 valence electrons. The lowest BCUT2D eigenvalue weighted by Gasteiger charge is -2.25. The number of benzene rings is 2. The number of imide groups is 1. The van der Waals surface area contributed by atoms with Crippen LogP contribution in [0.4, 0.5) is 22.4 Å². The summed E-state index contributed by atoms with van der Waals surface area (Å²) >= 11 is 1.36. The molecule has 1 aromatic heterocycles. The van der Waals surface area contributed by atoms with Gasteiger partial charge >= 0.3 is 12.2 Å². The van der Waals surface area contributed by atoms with Gasteiger partial charge in [0.05, 0.1) is 22.8 Å². The quantitative estimate of drug-likeness (QED) is 0.333. The third-order valence-electron chi connectivity index (χ3n) is 5.75. The zero-order valence-electron chi connectivity index (χ0n) is 19.0. The Kier molecular flexibility index (Phi) is 6.56. The molecule has 1 saturated heterocycles. The van der Waals surface area contributed by atoms with Crippen molar-refractivity contribution in [1.82, 2.24) is 20.9 Å². The van der Waals surface area contributed by atoms with Gasteiger partial charge in [0, 0.05) is 10.4 Å². The van der Waals surface area contributed by atoms with Crippen LogP contribution in [0.3, 0.4) is 0 Å². The first kappa shape index (κ1) is 25.3. The summed E-state index contributed by atoms with van der Waals surface area (Å²) in [5.41, 5.74) is -2.01. The van der Waals surface area contributed by atoms with Gasteiger partial charge in [0.1, 0.15) is 5.82 Å². The van der Waals surface area contributed by atoms with E-state index in [-0.39, 0.29) is 23.2 Å². The summed E-state index contributed by atoms with van der Waals surface area (Å²) in [6.45, 7) is 3.28. The smallest absolute Gasteiger partial charge is 0.349 e. The predicted octanol–water partition coefficient (Wildman–Crippen LogP) is 4.30. The summed E-state index contributed by atoms with van der Waals surface area (Å²) in [5, 5.41) is 8.07. The van der Waals surface area contributed by atoms with E-state index < -0.39 is 40.9 Å². The monoisotopic (exact) mass is 520 g/mol. The number of nitrogens with one attached hydrogen (secondary N) is 3. The number of nitrogens with zero attached hydrogens (tertiary/aromatic N) is 1. The first-order chi connectivity index (χ1) is 16.9. The van der Waals surface area contributed by atoms with Crippen LogP contribution < -0.4 is 16.0 Å². The second kappa shape index (κ2) is 9.34. The normalized spacial score (nSPS) is 17.6. The molecule has 3 aromatic rings. The van der Waals surface area contributed by atoms with Gasteiger partial charge in [-0.1, -0.05) is 19.1 Å². The highest BCUT2D eigenvalue weighted by Gasteiger charge is 2.50. The Morgan fingerprint density at radius 1 is 1.14 bits per heavy atom. The third-order valence-corrected chi connectivity index (χ3v) is 6.87. The van der Waals surface area contributed by atoms with E-state index in [9.17, 15) is 31.9 Å². The van der Waals surface area contributed by atoms with Crippen LogP contribution in [0, 0.1) is 12.7 Å². The van der Waals surface area contributed by atoms with Crippen LogP contribution in [0.5, 0.6) is 0 Å². The molecular weight excluding hydrogens is 500 g/mol. The van der Waals surface area contributed by atoms with Crippen molar-refractivity contribution in [3.63, 3.8) is 0 Å². The largest absolute Gasteiger partial charge is 0.416 e. The van der Waals surface area contributed by atoms with Gasteiger partial charge in [-0.15, -0.1) is 11.3 Å². The SMILES string of the molecule is CCc1nc(C2(CNC(=O)c3ccc(F)cc3-c3ccc(C(F)(F)F)cc3)NC(=O)NC2=O)c(C)s1. The van der Waals surface area contributed by atoms with Gasteiger partial charge in [0.15, 0.2) is 5.54 Å². The van der Waals surface area contributed by atoms with Crippen molar-refractivity contribution in [3.8, 4) is 11.1 Å². The molecule has 4 amide bonds. The molecule has 2 aromatic carbocycles. The number of carbonyl (C=O) groups is 3. The average Bonchev–Trinajstić information content (AvgIpc) is 3.35. The molecule has 4 rings (SSSR count). The van der Waals surface area contributed by atoms with Crippen molar-refractivity contribution in [2.45, 2.75) is 32.0 Å². The molecule has 1 unspecified atom stereocenters. The molecule has 1 atom stereocenters. The van der Waals surface area contributed by atoms with E-state index in [1.54, 1.807) is 6.92 Å². The highest BCUT2D eigenvalue weighted by Crippen LogP contribution is 2.33. The summed E-state index contributed by atoms with van der Waals surface area (Å²) in [4.78, 5) is 43.2. The molecule has 0 spiro atoms. The molecular formula is C24H20F4N4O3S. The maximum atomic E-state index is 14.0.